The summed E-state index contributed by atoms with van der Waals surface area (Å²) >= 11 is 0. The van der Waals surface area contributed by atoms with Crippen molar-refractivity contribution in [2.24, 2.45) is 0 Å². The van der Waals surface area contributed by atoms with Crippen LogP contribution in [0.1, 0.15) is 38.2 Å². The van der Waals surface area contributed by atoms with Gasteiger partial charge in [0.1, 0.15) is 0 Å². The van der Waals surface area contributed by atoms with Gasteiger partial charge < -0.3 is 4.43 Å². The van der Waals surface area contributed by atoms with E-state index >= 15 is 0 Å². The molecule has 0 unspecified atom stereocenters. The van der Waals surface area contributed by atoms with Crippen molar-refractivity contribution in [1.29, 1.82) is 0 Å². The van der Waals surface area contributed by atoms with E-state index in [1.54, 1.807) is 7.11 Å². The summed E-state index contributed by atoms with van der Waals surface area (Å²) in [5, 5.41) is 1.36. The Morgan fingerprint density at radius 1 is 1.21 bits per heavy atom. The minimum Gasteiger partial charge on any atom is -0.415 e. The Kier molecular flexibility index (Phi) is 4.91. The number of hydrogen-bond donors (Lipinski definition) is 0. The van der Waals surface area contributed by atoms with Crippen LogP contribution in [0.25, 0.3) is 0 Å². The monoisotopic (exact) mass is 206 g/mol. The van der Waals surface area contributed by atoms with Gasteiger partial charge in [-0.05, 0) is 29.5 Å². The van der Waals surface area contributed by atoms with Crippen molar-refractivity contribution in [3.63, 3.8) is 0 Å². The Balaban J connectivity index is 2.92. The van der Waals surface area contributed by atoms with E-state index in [0.29, 0.717) is 15.7 Å². The molecular formula is C12H18OSi. The molecule has 1 aromatic carbocycles. The summed E-state index contributed by atoms with van der Waals surface area (Å²) in [4.78, 5) is 0. The summed E-state index contributed by atoms with van der Waals surface area (Å²) in [7, 11) is 2.25. The van der Waals surface area contributed by atoms with Crippen molar-refractivity contribution in [3.8, 4) is 0 Å². The molecule has 14 heavy (non-hydrogen) atoms. The lowest BCUT2D eigenvalue weighted by Crippen LogP contribution is -2.22. The average molecular weight is 206 g/mol. The Morgan fingerprint density at radius 3 is 2.43 bits per heavy atom. The minimum atomic E-state index is 0.485. The second kappa shape index (κ2) is 5.99. The van der Waals surface area contributed by atoms with E-state index < -0.39 is 0 Å². The highest BCUT2D eigenvalue weighted by Gasteiger charge is 2.11. The van der Waals surface area contributed by atoms with Crippen molar-refractivity contribution in [1.82, 2.24) is 0 Å². The quantitative estimate of drug-likeness (QED) is 0.673. The molecule has 0 N–H and O–H groups in total. The molecule has 76 valence electrons. The van der Waals surface area contributed by atoms with Crippen LogP contribution in [0.2, 0.25) is 0 Å². The highest BCUT2D eigenvalue weighted by molar-refractivity contribution is 6.47. The van der Waals surface area contributed by atoms with E-state index in [1.807, 2.05) is 0 Å². The van der Waals surface area contributed by atoms with Gasteiger partial charge >= 0.3 is 0 Å². The summed E-state index contributed by atoms with van der Waals surface area (Å²) in [6.45, 7) is 4.50. The largest absolute Gasteiger partial charge is 0.415 e. The summed E-state index contributed by atoms with van der Waals surface area (Å²) in [5.41, 5.74) is 1.47. The molecule has 1 aromatic rings. The maximum atomic E-state index is 5.24. The van der Waals surface area contributed by atoms with Crippen molar-refractivity contribution in [3.05, 3.63) is 29.8 Å². The van der Waals surface area contributed by atoms with Gasteiger partial charge in [0.25, 0.3) is 9.76 Å². The van der Waals surface area contributed by atoms with Crippen LogP contribution in [0.15, 0.2) is 24.3 Å². The molecule has 0 aromatic heterocycles. The van der Waals surface area contributed by atoms with Crippen LogP contribution in [0, 0.1) is 0 Å². The summed E-state index contributed by atoms with van der Waals surface area (Å²) < 4.78 is 5.24. The van der Waals surface area contributed by atoms with Crippen LogP contribution in [0.3, 0.4) is 0 Å². The van der Waals surface area contributed by atoms with Gasteiger partial charge in [0.05, 0.1) is 0 Å². The van der Waals surface area contributed by atoms with Crippen LogP contribution in [0.4, 0.5) is 0 Å². The highest BCUT2D eigenvalue weighted by Crippen LogP contribution is 2.20. The Bertz CT molecular complexity index is 269. The molecular weight excluding hydrogens is 188 g/mol. The van der Waals surface area contributed by atoms with Crippen LogP contribution in [-0.4, -0.2) is 16.9 Å². The van der Waals surface area contributed by atoms with Gasteiger partial charge in [0, 0.05) is 7.11 Å². The van der Waals surface area contributed by atoms with E-state index in [0.717, 1.165) is 0 Å². The van der Waals surface area contributed by atoms with Gasteiger partial charge in [-0.1, -0.05) is 38.1 Å². The van der Waals surface area contributed by atoms with Crippen LogP contribution in [-0.2, 0) is 4.43 Å². The van der Waals surface area contributed by atoms with Crippen molar-refractivity contribution in [2.75, 3.05) is 7.11 Å². The molecule has 0 bridgehead atoms. The second-order valence-electron chi connectivity index (χ2n) is 3.41. The summed E-state index contributed by atoms with van der Waals surface area (Å²) in [5.74, 6) is 0.689. The van der Waals surface area contributed by atoms with Gasteiger partial charge in [-0.25, -0.2) is 0 Å². The first-order valence-corrected chi connectivity index (χ1v) is 6.12. The highest BCUT2D eigenvalue weighted by atomic mass is 28.2. The van der Waals surface area contributed by atoms with Gasteiger partial charge in [0.15, 0.2) is 0 Å². The number of hydrogen-bond acceptors (Lipinski definition) is 1. The standard InChI is InChI=1S/C12H18OSi/c1-4-10(5-2)11-8-6-7-9-12(11)14-13-3/h6-10H,4-5H2,1-3H3. The van der Waals surface area contributed by atoms with Gasteiger partial charge in [0.2, 0.25) is 0 Å². The molecule has 1 rings (SSSR count). The molecule has 0 heterocycles. The minimum absolute atomic E-state index is 0.485. The zero-order chi connectivity index (χ0) is 10.4. The molecule has 0 atom stereocenters. The van der Waals surface area contributed by atoms with Crippen LogP contribution < -0.4 is 5.19 Å². The maximum absolute atomic E-state index is 5.24. The third kappa shape index (κ3) is 2.69. The third-order valence-electron chi connectivity index (χ3n) is 2.60. The lowest BCUT2D eigenvalue weighted by molar-refractivity contribution is 0.450. The predicted molar refractivity (Wildman–Crippen MR) is 62.2 cm³/mol. The maximum Gasteiger partial charge on any atom is 0.268 e. The van der Waals surface area contributed by atoms with Crippen LogP contribution in [0.5, 0.6) is 0 Å². The van der Waals surface area contributed by atoms with Gasteiger partial charge in [-0.3, -0.25) is 0 Å². The molecule has 1 nitrogen and oxygen atoms in total. The van der Waals surface area contributed by atoms with E-state index in [2.05, 4.69) is 38.1 Å². The molecule has 0 fully saturated rings. The first kappa shape index (κ1) is 11.5. The number of rotatable bonds is 5. The second-order valence-corrected chi connectivity index (χ2v) is 4.56. The van der Waals surface area contributed by atoms with Gasteiger partial charge in [-0.15, -0.1) is 0 Å². The molecule has 0 saturated heterocycles. The van der Waals surface area contributed by atoms with Crippen molar-refractivity contribution < 1.29 is 4.43 Å². The predicted octanol–water partition coefficient (Wildman–Crippen LogP) is 2.48. The molecule has 0 aliphatic heterocycles. The average Bonchev–Trinajstić information content (AvgIpc) is 2.23. The fraction of sp³-hybridized carbons (Fsp3) is 0.500. The molecule has 0 saturated carbocycles. The lowest BCUT2D eigenvalue weighted by Gasteiger charge is -2.16. The SMILES string of the molecule is CCC(CC)c1ccccc1[Si]OC. The fourth-order valence-electron chi connectivity index (χ4n) is 1.78. The van der Waals surface area contributed by atoms with Crippen molar-refractivity contribution >= 4 is 14.9 Å². The summed E-state index contributed by atoms with van der Waals surface area (Å²) in [6.07, 6.45) is 2.42. The van der Waals surface area contributed by atoms with E-state index in [9.17, 15) is 0 Å². The molecule has 0 amide bonds. The zero-order valence-corrected chi connectivity index (χ0v) is 10.2. The molecule has 0 spiro atoms. The normalized spacial score (nSPS) is 10.9. The first-order chi connectivity index (χ1) is 6.83. The summed E-state index contributed by atoms with van der Waals surface area (Å²) in [6, 6.07) is 8.62. The van der Waals surface area contributed by atoms with E-state index in [4.69, 9.17) is 4.43 Å². The topological polar surface area (TPSA) is 9.23 Å². The smallest absolute Gasteiger partial charge is 0.268 e. The van der Waals surface area contributed by atoms with Crippen LogP contribution >= 0.6 is 0 Å². The third-order valence-corrected chi connectivity index (χ3v) is 3.48. The van der Waals surface area contributed by atoms with Crippen molar-refractivity contribution in [2.45, 2.75) is 32.6 Å². The molecule has 0 aliphatic rings. The zero-order valence-electron chi connectivity index (χ0n) is 9.21. The molecule has 0 aliphatic carbocycles. The number of benzene rings is 1. The van der Waals surface area contributed by atoms with E-state index in [-0.39, 0.29) is 0 Å². The first-order valence-electron chi connectivity index (χ1n) is 5.21. The fourth-order valence-corrected chi connectivity index (χ4v) is 2.57. The van der Waals surface area contributed by atoms with Gasteiger partial charge in [-0.2, -0.15) is 0 Å². The lowest BCUT2D eigenvalue weighted by atomic mass is 9.94. The van der Waals surface area contributed by atoms with E-state index in [1.165, 1.54) is 23.6 Å². The Labute approximate surface area is 89.4 Å². The molecule has 2 heteroatoms. The Hall–Kier alpha value is -0.603. The molecule has 2 radical (unpaired) electrons. The Morgan fingerprint density at radius 2 is 1.86 bits per heavy atom.